The topological polar surface area (TPSA) is 108 Å². The van der Waals surface area contributed by atoms with E-state index in [1.807, 2.05) is 6.07 Å². The molecule has 2 aromatic carbocycles. The van der Waals surface area contributed by atoms with Gasteiger partial charge in [0, 0.05) is 6.08 Å². The van der Waals surface area contributed by atoms with Gasteiger partial charge in [0.15, 0.2) is 5.17 Å². The Hall–Kier alpha value is -4.00. The second-order valence-corrected chi connectivity index (χ2v) is 8.24. The highest BCUT2D eigenvalue weighted by Crippen LogP contribution is 2.34. The molecule has 3 aromatic rings. The number of methoxy groups -OCH3 is 1. The molecule has 1 aliphatic rings. The molecule has 10 heteroatoms. The third-order valence-corrected chi connectivity index (χ3v) is 5.93. The van der Waals surface area contributed by atoms with Crippen LogP contribution < -0.4 is 15.0 Å². The summed E-state index contributed by atoms with van der Waals surface area (Å²) in [5.74, 6) is 0.150. The van der Waals surface area contributed by atoms with Crippen molar-refractivity contribution in [2.24, 2.45) is 4.99 Å². The molecule has 0 atom stereocenters. The van der Waals surface area contributed by atoms with Crippen LogP contribution in [0.1, 0.15) is 11.3 Å². The van der Waals surface area contributed by atoms with Gasteiger partial charge < -0.3 is 14.5 Å². The predicted molar refractivity (Wildman–Crippen MR) is 132 cm³/mol. The summed E-state index contributed by atoms with van der Waals surface area (Å²) in [5.41, 5.74) is 1.39. The summed E-state index contributed by atoms with van der Waals surface area (Å²) >= 11 is 7.35. The third kappa shape index (κ3) is 4.98. The fourth-order valence-corrected chi connectivity index (χ4v) is 4.19. The summed E-state index contributed by atoms with van der Waals surface area (Å²) in [7, 11) is 1.50. The first-order valence-electron chi connectivity index (χ1n) is 9.94. The summed E-state index contributed by atoms with van der Waals surface area (Å²) in [6.07, 6.45) is 3.02. The summed E-state index contributed by atoms with van der Waals surface area (Å²) in [5, 5.41) is 12.6. The second-order valence-electron chi connectivity index (χ2n) is 6.89. The highest BCUT2D eigenvalue weighted by atomic mass is 35.5. The summed E-state index contributed by atoms with van der Waals surface area (Å²) in [6.45, 7) is 0. The van der Waals surface area contributed by atoms with E-state index >= 15 is 0 Å². The number of aliphatic imine (C=N–C) groups is 1. The number of carbonyl (C=O) groups excluding carboxylic acids is 2. The predicted octanol–water partition coefficient (Wildman–Crippen LogP) is 4.93. The van der Waals surface area contributed by atoms with Gasteiger partial charge in [-0.25, -0.2) is 4.99 Å². The van der Waals surface area contributed by atoms with Crippen molar-refractivity contribution in [2.75, 3.05) is 23.1 Å². The number of benzene rings is 2. The number of nitriles is 1. The van der Waals surface area contributed by atoms with E-state index in [1.54, 1.807) is 54.6 Å². The molecule has 0 spiro atoms. The molecule has 0 fully saturated rings. The van der Waals surface area contributed by atoms with Crippen molar-refractivity contribution in [2.45, 2.75) is 0 Å². The summed E-state index contributed by atoms with van der Waals surface area (Å²) in [6, 6.07) is 17.1. The SMILES string of the molecule is COc1ccc(N2C(=O)C(=Cc3ccco3)N=C2SCC(=O)Nc2ccccc2C#N)cc1Cl. The Bertz CT molecular complexity index is 1350. The zero-order valence-electron chi connectivity index (χ0n) is 17.8. The standard InChI is InChI=1S/C24H17ClN4O4S/c1-32-21-9-8-16(11-18(21)25)29-23(31)20(12-17-6-4-10-33-17)28-24(29)34-14-22(30)27-19-7-3-2-5-15(19)13-26/h2-12H,14H2,1H3,(H,27,30). The van der Waals surface area contributed by atoms with Crippen LogP contribution in [0.3, 0.4) is 0 Å². The molecule has 8 nitrogen and oxygen atoms in total. The normalized spacial score (nSPS) is 14.1. The number of carbonyl (C=O) groups is 2. The van der Waals surface area contributed by atoms with E-state index < -0.39 is 5.91 Å². The van der Waals surface area contributed by atoms with Crippen LogP contribution in [-0.4, -0.2) is 29.8 Å². The fraction of sp³-hybridized carbons (Fsp3) is 0.0833. The maximum Gasteiger partial charge on any atom is 0.283 e. The van der Waals surface area contributed by atoms with Gasteiger partial charge in [-0.1, -0.05) is 35.5 Å². The number of thioether (sulfide) groups is 1. The number of nitrogens with one attached hydrogen (secondary N) is 1. The zero-order valence-corrected chi connectivity index (χ0v) is 19.4. The maximum atomic E-state index is 13.2. The van der Waals surface area contributed by atoms with Gasteiger partial charge in [0.2, 0.25) is 5.91 Å². The number of hydrogen-bond acceptors (Lipinski definition) is 7. The van der Waals surface area contributed by atoms with Gasteiger partial charge in [-0.2, -0.15) is 5.26 Å². The minimum absolute atomic E-state index is 0.0414. The number of nitrogens with zero attached hydrogens (tertiary/aromatic N) is 3. The molecule has 34 heavy (non-hydrogen) atoms. The first-order valence-corrected chi connectivity index (χ1v) is 11.3. The molecular weight excluding hydrogens is 476 g/mol. The van der Waals surface area contributed by atoms with Gasteiger partial charge in [-0.05, 0) is 42.5 Å². The van der Waals surface area contributed by atoms with Crippen molar-refractivity contribution in [3.8, 4) is 11.8 Å². The number of anilines is 2. The first-order chi connectivity index (χ1) is 16.5. The third-order valence-electron chi connectivity index (χ3n) is 4.70. The number of para-hydroxylation sites is 1. The average molecular weight is 493 g/mol. The molecule has 0 saturated carbocycles. The lowest BCUT2D eigenvalue weighted by Gasteiger charge is -2.18. The van der Waals surface area contributed by atoms with Crippen molar-refractivity contribution < 1.29 is 18.7 Å². The van der Waals surface area contributed by atoms with Gasteiger partial charge in [-0.3, -0.25) is 14.5 Å². The molecule has 0 saturated heterocycles. The van der Waals surface area contributed by atoms with Gasteiger partial charge >= 0.3 is 0 Å². The highest BCUT2D eigenvalue weighted by Gasteiger charge is 2.33. The zero-order chi connectivity index (χ0) is 24.1. The Balaban J connectivity index is 1.58. The van der Waals surface area contributed by atoms with Crippen molar-refractivity contribution >= 4 is 57.8 Å². The second kappa shape index (κ2) is 10.3. The van der Waals surface area contributed by atoms with Crippen LogP contribution in [-0.2, 0) is 9.59 Å². The monoisotopic (exact) mass is 492 g/mol. The van der Waals surface area contributed by atoms with E-state index in [-0.39, 0.29) is 17.4 Å². The van der Waals surface area contributed by atoms with Gasteiger partial charge in [0.05, 0.1) is 41.1 Å². The minimum Gasteiger partial charge on any atom is -0.495 e. The van der Waals surface area contributed by atoms with E-state index in [4.69, 9.17) is 20.8 Å². The van der Waals surface area contributed by atoms with Gasteiger partial charge in [-0.15, -0.1) is 0 Å². The first kappa shape index (κ1) is 23.2. The number of furan rings is 1. The van der Waals surface area contributed by atoms with Gasteiger partial charge in [0.1, 0.15) is 23.3 Å². The highest BCUT2D eigenvalue weighted by molar-refractivity contribution is 8.14. The minimum atomic E-state index is -0.393. The molecule has 0 unspecified atom stereocenters. The Kier molecular flexibility index (Phi) is 7.01. The summed E-state index contributed by atoms with van der Waals surface area (Å²) < 4.78 is 10.5. The Morgan fingerprint density at radius 3 is 2.82 bits per heavy atom. The molecule has 0 aliphatic carbocycles. The van der Waals surface area contributed by atoms with E-state index in [2.05, 4.69) is 10.3 Å². The molecule has 1 N–H and O–H groups in total. The van der Waals surface area contributed by atoms with E-state index in [0.29, 0.717) is 38.6 Å². The molecular formula is C24H17ClN4O4S. The van der Waals surface area contributed by atoms with Crippen molar-refractivity contribution in [1.29, 1.82) is 5.26 Å². The number of ether oxygens (including phenoxy) is 1. The lowest BCUT2D eigenvalue weighted by atomic mass is 10.2. The van der Waals surface area contributed by atoms with Crippen LogP contribution in [0.15, 0.2) is 76.0 Å². The Morgan fingerprint density at radius 2 is 2.12 bits per heavy atom. The Morgan fingerprint density at radius 1 is 1.29 bits per heavy atom. The van der Waals surface area contributed by atoms with Crippen molar-refractivity contribution in [3.63, 3.8) is 0 Å². The molecule has 0 radical (unpaired) electrons. The smallest absolute Gasteiger partial charge is 0.283 e. The molecule has 1 aromatic heterocycles. The van der Waals surface area contributed by atoms with E-state index in [1.165, 1.54) is 24.3 Å². The number of amides is 2. The van der Waals surface area contributed by atoms with Crippen LogP contribution in [0, 0.1) is 11.3 Å². The lowest BCUT2D eigenvalue weighted by molar-refractivity contribution is -0.114. The van der Waals surface area contributed by atoms with Crippen LogP contribution in [0.2, 0.25) is 5.02 Å². The maximum absolute atomic E-state index is 13.2. The van der Waals surface area contributed by atoms with Gasteiger partial charge in [0.25, 0.3) is 5.91 Å². The van der Waals surface area contributed by atoms with Crippen LogP contribution in [0.5, 0.6) is 5.75 Å². The van der Waals surface area contributed by atoms with Crippen LogP contribution in [0.4, 0.5) is 11.4 Å². The number of halogens is 1. The molecule has 1 aliphatic heterocycles. The average Bonchev–Trinajstić information content (AvgIpc) is 3.46. The lowest BCUT2D eigenvalue weighted by Crippen LogP contribution is -2.31. The van der Waals surface area contributed by atoms with E-state index in [0.717, 1.165) is 11.8 Å². The van der Waals surface area contributed by atoms with E-state index in [9.17, 15) is 14.9 Å². The number of rotatable bonds is 6. The summed E-state index contributed by atoms with van der Waals surface area (Å²) in [4.78, 5) is 31.6. The molecule has 4 rings (SSSR count). The quantitative estimate of drug-likeness (QED) is 0.489. The van der Waals surface area contributed by atoms with Crippen LogP contribution >= 0.6 is 23.4 Å². The molecule has 0 bridgehead atoms. The molecule has 2 amide bonds. The fourth-order valence-electron chi connectivity index (χ4n) is 3.13. The number of amidine groups is 1. The largest absolute Gasteiger partial charge is 0.495 e. The molecule has 170 valence electrons. The van der Waals surface area contributed by atoms with Crippen molar-refractivity contribution in [1.82, 2.24) is 0 Å². The number of hydrogen-bond donors (Lipinski definition) is 1. The van der Waals surface area contributed by atoms with Crippen molar-refractivity contribution in [3.05, 3.63) is 82.9 Å². The van der Waals surface area contributed by atoms with Crippen LogP contribution in [0.25, 0.3) is 6.08 Å². The Labute approximate surface area is 204 Å². The molecule has 2 heterocycles.